The summed E-state index contributed by atoms with van der Waals surface area (Å²) in [5, 5.41) is 11.7. The largest absolute Gasteiger partial charge is 0.481 e. The summed E-state index contributed by atoms with van der Waals surface area (Å²) in [5.74, 6) is -1.81. The first kappa shape index (κ1) is 17.5. The average molecular weight is 339 g/mol. The molecule has 2 rings (SSSR count). The number of carboxylic acids is 1. The number of rotatable bonds is 7. The van der Waals surface area contributed by atoms with Gasteiger partial charge in [0.25, 0.3) is 0 Å². The van der Waals surface area contributed by atoms with Crippen molar-refractivity contribution in [2.45, 2.75) is 31.7 Å². The van der Waals surface area contributed by atoms with Gasteiger partial charge in [-0.15, -0.1) is 0 Å². The fourth-order valence-electron chi connectivity index (χ4n) is 2.74. The van der Waals surface area contributed by atoms with Crippen molar-refractivity contribution in [1.82, 2.24) is 5.32 Å². The van der Waals surface area contributed by atoms with Crippen LogP contribution >= 0.6 is 0 Å². The summed E-state index contributed by atoms with van der Waals surface area (Å²) in [7, 11) is -3.12. The maximum atomic E-state index is 12.3. The Morgan fingerprint density at radius 3 is 2.52 bits per heavy atom. The Labute approximate surface area is 135 Å². The highest BCUT2D eigenvalue weighted by atomic mass is 32.2. The van der Waals surface area contributed by atoms with Crippen LogP contribution in [0.4, 0.5) is 0 Å². The van der Waals surface area contributed by atoms with E-state index in [1.165, 1.54) is 0 Å². The molecule has 1 saturated heterocycles. The minimum Gasteiger partial charge on any atom is -0.481 e. The number of benzene rings is 1. The van der Waals surface area contributed by atoms with E-state index in [0.29, 0.717) is 19.3 Å². The van der Waals surface area contributed by atoms with Gasteiger partial charge < -0.3 is 10.4 Å². The van der Waals surface area contributed by atoms with Crippen molar-refractivity contribution >= 4 is 21.7 Å². The third-order valence-corrected chi connectivity index (χ3v) is 5.75. The summed E-state index contributed by atoms with van der Waals surface area (Å²) in [4.78, 5) is 23.0. The maximum absolute atomic E-state index is 12.3. The Balaban J connectivity index is 1.99. The number of amides is 1. The minimum absolute atomic E-state index is 0.0409. The quantitative estimate of drug-likeness (QED) is 0.772. The Morgan fingerprint density at radius 1 is 1.26 bits per heavy atom. The standard InChI is InChI=1S/C16H21NO5S/c18-15(19)7-6-14(10-12-4-2-1-3-5-12)17-16(20)13-8-9-23(21,22)11-13/h1-5,13-14H,6-11H2,(H,17,20)(H,18,19). The van der Waals surface area contributed by atoms with E-state index in [9.17, 15) is 18.0 Å². The predicted molar refractivity (Wildman–Crippen MR) is 85.7 cm³/mol. The molecule has 0 aliphatic carbocycles. The Kier molecular flexibility index (Phi) is 5.76. The summed E-state index contributed by atoms with van der Waals surface area (Å²) in [5.41, 5.74) is 1.00. The van der Waals surface area contributed by atoms with Crippen LogP contribution in [0.5, 0.6) is 0 Å². The highest BCUT2D eigenvalue weighted by Crippen LogP contribution is 2.19. The predicted octanol–water partition coefficient (Wildman–Crippen LogP) is 1.01. The van der Waals surface area contributed by atoms with E-state index in [1.54, 1.807) is 0 Å². The van der Waals surface area contributed by atoms with Crippen molar-refractivity contribution in [3.05, 3.63) is 35.9 Å². The Hall–Kier alpha value is -1.89. The van der Waals surface area contributed by atoms with Gasteiger partial charge in [-0.2, -0.15) is 0 Å². The van der Waals surface area contributed by atoms with Crippen molar-refractivity contribution in [1.29, 1.82) is 0 Å². The molecule has 23 heavy (non-hydrogen) atoms. The van der Waals surface area contributed by atoms with Gasteiger partial charge in [-0.1, -0.05) is 30.3 Å². The smallest absolute Gasteiger partial charge is 0.303 e. The fourth-order valence-corrected chi connectivity index (χ4v) is 4.48. The van der Waals surface area contributed by atoms with E-state index >= 15 is 0 Å². The molecule has 6 nitrogen and oxygen atoms in total. The number of sulfone groups is 1. The first-order valence-electron chi connectivity index (χ1n) is 7.62. The highest BCUT2D eigenvalue weighted by Gasteiger charge is 2.33. The lowest BCUT2D eigenvalue weighted by Gasteiger charge is -2.20. The third-order valence-electron chi connectivity index (χ3n) is 3.98. The van der Waals surface area contributed by atoms with E-state index < -0.39 is 21.7 Å². The zero-order chi connectivity index (χ0) is 16.9. The molecule has 1 heterocycles. The molecule has 126 valence electrons. The average Bonchev–Trinajstić information content (AvgIpc) is 2.86. The second-order valence-corrected chi connectivity index (χ2v) is 8.16. The van der Waals surface area contributed by atoms with E-state index in [-0.39, 0.29) is 29.9 Å². The molecule has 0 radical (unpaired) electrons. The second kappa shape index (κ2) is 7.59. The van der Waals surface area contributed by atoms with Gasteiger partial charge in [0.1, 0.15) is 0 Å². The number of carboxylic acid groups (broad SMARTS) is 1. The number of carbonyl (C=O) groups is 2. The molecule has 2 unspecified atom stereocenters. The molecule has 1 fully saturated rings. The van der Waals surface area contributed by atoms with E-state index in [0.717, 1.165) is 5.56 Å². The molecule has 1 amide bonds. The lowest BCUT2D eigenvalue weighted by Crippen LogP contribution is -2.40. The highest BCUT2D eigenvalue weighted by molar-refractivity contribution is 7.91. The van der Waals surface area contributed by atoms with Gasteiger partial charge in [-0.25, -0.2) is 8.42 Å². The van der Waals surface area contributed by atoms with Crippen molar-refractivity contribution in [3.8, 4) is 0 Å². The van der Waals surface area contributed by atoms with Crippen LogP contribution in [0.15, 0.2) is 30.3 Å². The van der Waals surface area contributed by atoms with Crippen LogP contribution in [0.2, 0.25) is 0 Å². The molecular formula is C16H21NO5S. The monoisotopic (exact) mass is 339 g/mol. The van der Waals surface area contributed by atoms with Gasteiger partial charge in [0.2, 0.25) is 5.91 Å². The first-order valence-corrected chi connectivity index (χ1v) is 9.44. The molecule has 1 aromatic carbocycles. The number of carbonyl (C=O) groups excluding carboxylic acids is 1. The van der Waals surface area contributed by atoms with Crippen molar-refractivity contribution in [3.63, 3.8) is 0 Å². The zero-order valence-corrected chi connectivity index (χ0v) is 13.6. The van der Waals surface area contributed by atoms with E-state index in [4.69, 9.17) is 5.11 Å². The van der Waals surface area contributed by atoms with Crippen LogP contribution in [0.1, 0.15) is 24.8 Å². The molecule has 1 aromatic rings. The SMILES string of the molecule is O=C(O)CCC(Cc1ccccc1)NC(=O)C1CCS(=O)(=O)C1. The molecule has 2 N–H and O–H groups in total. The summed E-state index contributed by atoms with van der Waals surface area (Å²) in [6, 6.07) is 9.17. The number of nitrogens with one attached hydrogen (secondary N) is 1. The van der Waals surface area contributed by atoms with Crippen LogP contribution in [0, 0.1) is 5.92 Å². The summed E-state index contributed by atoms with van der Waals surface area (Å²) in [6.45, 7) is 0. The van der Waals surface area contributed by atoms with Gasteiger partial charge >= 0.3 is 5.97 Å². The maximum Gasteiger partial charge on any atom is 0.303 e. The van der Waals surface area contributed by atoms with Crippen LogP contribution in [-0.4, -0.2) is 42.9 Å². The lowest BCUT2D eigenvalue weighted by molar-refractivity contribution is -0.137. The summed E-state index contributed by atoms with van der Waals surface area (Å²) in [6.07, 6.45) is 1.14. The van der Waals surface area contributed by atoms with E-state index in [1.807, 2.05) is 30.3 Å². The normalized spacial score (nSPS) is 20.8. The van der Waals surface area contributed by atoms with Crippen LogP contribution in [0.3, 0.4) is 0 Å². The third kappa shape index (κ3) is 5.67. The molecule has 0 bridgehead atoms. The molecule has 1 aliphatic rings. The van der Waals surface area contributed by atoms with Gasteiger partial charge in [-0.3, -0.25) is 9.59 Å². The molecule has 2 atom stereocenters. The zero-order valence-electron chi connectivity index (χ0n) is 12.8. The van der Waals surface area contributed by atoms with Crippen molar-refractivity contribution < 1.29 is 23.1 Å². The number of hydrogen-bond donors (Lipinski definition) is 2. The fraction of sp³-hybridized carbons (Fsp3) is 0.500. The van der Waals surface area contributed by atoms with Crippen molar-refractivity contribution in [2.75, 3.05) is 11.5 Å². The first-order chi connectivity index (χ1) is 10.9. The van der Waals surface area contributed by atoms with Crippen LogP contribution in [0.25, 0.3) is 0 Å². The van der Waals surface area contributed by atoms with Gasteiger partial charge in [0, 0.05) is 12.5 Å². The van der Waals surface area contributed by atoms with E-state index in [2.05, 4.69) is 5.32 Å². The number of hydrogen-bond acceptors (Lipinski definition) is 4. The topological polar surface area (TPSA) is 101 Å². The van der Waals surface area contributed by atoms with Crippen molar-refractivity contribution in [2.24, 2.45) is 5.92 Å². The molecule has 0 aromatic heterocycles. The molecular weight excluding hydrogens is 318 g/mol. The van der Waals surface area contributed by atoms with Crippen LogP contribution in [-0.2, 0) is 25.8 Å². The van der Waals surface area contributed by atoms with Gasteiger partial charge in [-0.05, 0) is 24.8 Å². The minimum atomic E-state index is -3.12. The molecule has 0 spiro atoms. The Bertz CT molecular complexity index is 656. The molecule has 0 saturated carbocycles. The number of aliphatic carboxylic acids is 1. The second-order valence-electron chi connectivity index (χ2n) is 5.93. The molecule has 7 heteroatoms. The summed E-state index contributed by atoms with van der Waals surface area (Å²) >= 11 is 0. The lowest BCUT2D eigenvalue weighted by atomic mass is 10.00. The van der Waals surface area contributed by atoms with Gasteiger partial charge in [0.15, 0.2) is 9.84 Å². The molecule has 1 aliphatic heterocycles. The van der Waals surface area contributed by atoms with Crippen LogP contribution < -0.4 is 5.32 Å². The Morgan fingerprint density at radius 2 is 1.96 bits per heavy atom. The summed E-state index contributed by atoms with van der Waals surface area (Å²) < 4.78 is 23.0. The van der Waals surface area contributed by atoms with Gasteiger partial charge in [0.05, 0.1) is 17.4 Å².